The van der Waals surface area contributed by atoms with E-state index in [9.17, 15) is 4.79 Å². The minimum absolute atomic E-state index is 0.190. The van der Waals surface area contributed by atoms with E-state index in [-0.39, 0.29) is 5.78 Å². The zero-order valence-corrected chi connectivity index (χ0v) is 19.2. The molecule has 0 unspecified atom stereocenters. The first-order chi connectivity index (χ1) is 12.7. The normalized spacial score (nSPS) is 11.2. The molecule has 0 aliphatic heterocycles. The van der Waals surface area contributed by atoms with Gasteiger partial charge in [0.25, 0.3) is 0 Å². The first kappa shape index (κ1) is 22.1. The molecular formula is C21H30OS4. The molecule has 0 aliphatic rings. The Hall–Kier alpha value is -0.230. The standard InChI is InChI=1S/C21H30OS4/c1-3-5-7-9-15-23-19-13-11-17(25-19)21(22)18-12-14-20(26-18)24-16-10-8-6-4-2/h11-14H,3-10,15-16H2,1-2H3. The van der Waals surface area contributed by atoms with Gasteiger partial charge in [0.1, 0.15) is 0 Å². The lowest BCUT2D eigenvalue weighted by Gasteiger charge is -1.98. The third kappa shape index (κ3) is 7.79. The molecule has 0 aromatic carbocycles. The van der Waals surface area contributed by atoms with E-state index in [1.165, 1.54) is 59.8 Å². The second-order valence-electron chi connectivity index (χ2n) is 6.38. The molecule has 144 valence electrons. The van der Waals surface area contributed by atoms with Crippen LogP contribution in [0, 0.1) is 0 Å². The van der Waals surface area contributed by atoms with E-state index in [1.54, 1.807) is 22.7 Å². The Balaban J connectivity index is 1.78. The number of thioether (sulfide) groups is 2. The molecule has 2 aromatic rings. The van der Waals surface area contributed by atoms with Gasteiger partial charge in [0, 0.05) is 0 Å². The number of carbonyl (C=O) groups is 1. The van der Waals surface area contributed by atoms with Crippen LogP contribution in [-0.4, -0.2) is 17.3 Å². The first-order valence-corrected chi connectivity index (χ1v) is 13.3. The summed E-state index contributed by atoms with van der Waals surface area (Å²) in [5.74, 6) is 2.51. The highest BCUT2D eigenvalue weighted by Crippen LogP contribution is 2.33. The average Bonchev–Trinajstić information content (AvgIpc) is 3.30. The molecule has 0 saturated heterocycles. The molecule has 26 heavy (non-hydrogen) atoms. The highest BCUT2D eigenvalue weighted by molar-refractivity contribution is 8.01. The van der Waals surface area contributed by atoms with E-state index in [0.717, 1.165) is 21.3 Å². The van der Waals surface area contributed by atoms with Gasteiger partial charge in [0.15, 0.2) is 0 Å². The van der Waals surface area contributed by atoms with Gasteiger partial charge >= 0.3 is 0 Å². The molecule has 0 radical (unpaired) electrons. The smallest absolute Gasteiger partial charge is 0.212 e. The molecule has 2 heterocycles. The minimum Gasteiger partial charge on any atom is -0.287 e. The molecule has 0 amide bonds. The lowest BCUT2D eigenvalue weighted by Crippen LogP contribution is -1.93. The number of hydrogen-bond donors (Lipinski definition) is 0. The Morgan fingerprint density at radius 3 is 1.62 bits per heavy atom. The number of hydrogen-bond acceptors (Lipinski definition) is 5. The summed E-state index contributed by atoms with van der Waals surface area (Å²) in [5, 5.41) is 0. The zero-order valence-electron chi connectivity index (χ0n) is 15.9. The fraction of sp³-hybridized carbons (Fsp3) is 0.571. The zero-order chi connectivity index (χ0) is 18.6. The predicted octanol–water partition coefficient (Wildman–Crippen LogP) is 8.39. The second kappa shape index (κ2) is 13.0. The Labute approximate surface area is 175 Å². The van der Waals surface area contributed by atoms with Crippen LogP contribution in [0.4, 0.5) is 0 Å². The van der Waals surface area contributed by atoms with Crippen molar-refractivity contribution in [2.45, 2.75) is 73.6 Å². The number of carbonyl (C=O) groups excluding carboxylic acids is 1. The van der Waals surface area contributed by atoms with Gasteiger partial charge in [-0.25, -0.2) is 0 Å². The van der Waals surface area contributed by atoms with Crippen LogP contribution in [0.2, 0.25) is 0 Å². The van der Waals surface area contributed by atoms with E-state index in [4.69, 9.17) is 0 Å². The lowest BCUT2D eigenvalue weighted by atomic mass is 10.2. The maximum absolute atomic E-state index is 12.7. The van der Waals surface area contributed by atoms with Crippen molar-refractivity contribution in [3.05, 3.63) is 34.0 Å². The highest BCUT2D eigenvalue weighted by Gasteiger charge is 2.14. The summed E-state index contributed by atoms with van der Waals surface area (Å²) in [5.41, 5.74) is 0. The summed E-state index contributed by atoms with van der Waals surface area (Å²) in [7, 11) is 0. The second-order valence-corrected chi connectivity index (χ2v) is 11.3. The molecule has 1 nitrogen and oxygen atoms in total. The van der Waals surface area contributed by atoms with Crippen LogP contribution in [0.3, 0.4) is 0 Å². The molecule has 0 atom stereocenters. The van der Waals surface area contributed by atoms with Crippen molar-refractivity contribution in [3.8, 4) is 0 Å². The van der Waals surface area contributed by atoms with E-state index in [2.05, 4.69) is 26.0 Å². The molecule has 0 spiro atoms. The van der Waals surface area contributed by atoms with Crippen molar-refractivity contribution in [3.63, 3.8) is 0 Å². The van der Waals surface area contributed by atoms with Crippen LogP contribution in [0.15, 0.2) is 32.7 Å². The number of ketones is 1. The van der Waals surface area contributed by atoms with Crippen LogP contribution in [0.25, 0.3) is 0 Å². The monoisotopic (exact) mass is 426 g/mol. The predicted molar refractivity (Wildman–Crippen MR) is 122 cm³/mol. The van der Waals surface area contributed by atoms with Crippen LogP contribution >= 0.6 is 46.2 Å². The van der Waals surface area contributed by atoms with Crippen LogP contribution in [-0.2, 0) is 0 Å². The maximum Gasteiger partial charge on any atom is 0.212 e. The SMILES string of the molecule is CCCCCCSc1ccc(C(=O)c2ccc(SCCCCCC)s2)s1. The Kier molecular flexibility index (Phi) is 11.1. The van der Waals surface area contributed by atoms with Crippen LogP contribution < -0.4 is 0 Å². The van der Waals surface area contributed by atoms with E-state index in [1.807, 2.05) is 35.7 Å². The third-order valence-corrected chi connectivity index (χ3v) is 8.89. The molecule has 0 aliphatic carbocycles. The molecule has 0 fully saturated rings. The topological polar surface area (TPSA) is 17.1 Å². The van der Waals surface area contributed by atoms with Gasteiger partial charge in [-0.3, -0.25) is 4.79 Å². The fourth-order valence-corrected chi connectivity index (χ4v) is 6.95. The molecule has 2 rings (SSSR count). The lowest BCUT2D eigenvalue weighted by molar-refractivity contribution is 0.104. The van der Waals surface area contributed by atoms with Gasteiger partial charge in [-0.15, -0.1) is 46.2 Å². The van der Waals surface area contributed by atoms with E-state index >= 15 is 0 Å². The number of thiophene rings is 2. The summed E-state index contributed by atoms with van der Waals surface area (Å²) in [4.78, 5) is 14.5. The number of rotatable bonds is 14. The molecule has 0 N–H and O–H groups in total. The summed E-state index contributed by atoms with van der Waals surface area (Å²) in [6.45, 7) is 4.48. The maximum atomic E-state index is 12.7. The Morgan fingerprint density at radius 1 is 0.731 bits per heavy atom. The van der Waals surface area contributed by atoms with Gasteiger partial charge < -0.3 is 0 Å². The van der Waals surface area contributed by atoms with Gasteiger partial charge in [-0.05, 0) is 48.6 Å². The summed E-state index contributed by atoms with van der Waals surface area (Å²) < 4.78 is 2.54. The third-order valence-electron chi connectivity index (χ3n) is 4.09. The Morgan fingerprint density at radius 2 is 1.19 bits per heavy atom. The van der Waals surface area contributed by atoms with Crippen molar-refractivity contribution >= 4 is 52.0 Å². The molecular weight excluding hydrogens is 396 g/mol. The molecule has 2 aromatic heterocycles. The van der Waals surface area contributed by atoms with Crippen molar-refractivity contribution in [1.82, 2.24) is 0 Å². The van der Waals surface area contributed by atoms with Gasteiger partial charge in [-0.1, -0.05) is 52.4 Å². The van der Waals surface area contributed by atoms with Crippen molar-refractivity contribution < 1.29 is 4.79 Å². The van der Waals surface area contributed by atoms with Crippen molar-refractivity contribution in [1.29, 1.82) is 0 Å². The minimum atomic E-state index is 0.190. The largest absolute Gasteiger partial charge is 0.287 e. The van der Waals surface area contributed by atoms with Crippen molar-refractivity contribution in [2.75, 3.05) is 11.5 Å². The van der Waals surface area contributed by atoms with Crippen LogP contribution in [0.1, 0.15) is 79.8 Å². The summed E-state index contributed by atoms with van der Waals surface area (Å²) in [6, 6.07) is 8.22. The highest BCUT2D eigenvalue weighted by atomic mass is 32.2. The summed E-state index contributed by atoms with van der Waals surface area (Å²) >= 11 is 7.08. The molecule has 5 heteroatoms. The fourth-order valence-electron chi connectivity index (χ4n) is 2.56. The first-order valence-electron chi connectivity index (χ1n) is 9.74. The van der Waals surface area contributed by atoms with Gasteiger partial charge in [0.2, 0.25) is 5.78 Å². The molecule has 0 bridgehead atoms. The van der Waals surface area contributed by atoms with Gasteiger partial charge in [-0.2, -0.15) is 0 Å². The van der Waals surface area contributed by atoms with E-state index < -0.39 is 0 Å². The van der Waals surface area contributed by atoms with E-state index in [0.29, 0.717) is 0 Å². The van der Waals surface area contributed by atoms with Crippen molar-refractivity contribution in [2.24, 2.45) is 0 Å². The van der Waals surface area contributed by atoms with Gasteiger partial charge in [0.05, 0.1) is 18.2 Å². The molecule has 0 saturated carbocycles. The average molecular weight is 427 g/mol. The Bertz CT molecular complexity index is 590. The number of unbranched alkanes of at least 4 members (excludes halogenated alkanes) is 6. The quantitative estimate of drug-likeness (QED) is 0.171. The van der Waals surface area contributed by atoms with Crippen LogP contribution in [0.5, 0.6) is 0 Å². The summed E-state index contributed by atoms with van der Waals surface area (Å²) in [6.07, 6.45) is 10.4.